The largest absolute Gasteiger partial charge is 0.497 e. The van der Waals surface area contributed by atoms with Gasteiger partial charge in [0.05, 0.1) is 12.5 Å². The maximum absolute atomic E-state index is 12.7. The van der Waals surface area contributed by atoms with Crippen molar-refractivity contribution in [2.24, 2.45) is 0 Å². The molecule has 2 heterocycles. The van der Waals surface area contributed by atoms with Crippen molar-refractivity contribution in [1.29, 1.82) is 0 Å². The third kappa shape index (κ3) is 2.86. The zero-order valence-corrected chi connectivity index (χ0v) is 15.1. The van der Waals surface area contributed by atoms with E-state index in [0.717, 1.165) is 11.3 Å². The summed E-state index contributed by atoms with van der Waals surface area (Å²) >= 11 is 0. The van der Waals surface area contributed by atoms with Gasteiger partial charge in [0.15, 0.2) is 6.10 Å². The first-order valence-electron chi connectivity index (χ1n) is 9.07. The summed E-state index contributed by atoms with van der Waals surface area (Å²) in [5, 5.41) is 13.4. The number of amides is 2. The SMILES string of the molecule is COc1ccc([C@H](O)C(=O)N2CCC3(CC2)C(=O)Nc2ccccc23)cc1. The summed E-state index contributed by atoms with van der Waals surface area (Å²) in [6.07, 6.45) is -0.108. The average Bonchev–Trinajstić information content (AvgIpc) is 2.99. The fourth-order valence-electron chi connectivity index (χ4n) is 4.08. The lowest BCUT2D eigenvalue weighted by molar-refractivity contribution is -0.143. The second kappa shape index (κ2) is 6.70. The molecule has 1 fully saturated rings. The smallest absolute Gasteiger partial charge is 0.256 e. The van der Waals surface area contributed by atoms with Crippen molar-refractivity contribution in [3.63, 3.8) is 0 Å². The molecule has 6 nitrogen and oxygen atoms in total. The van der Waals surface area contributed by atoms with E-state index < -0.39 is 11.5 Å². The lowest BCUT2D eigenvalue weighted by Crippen LogP contribution is -2.49. The molecule has 2 aromatic carbocycles. The van der Waals surface area contributed by atoms with Gasteiger partial charge in [0.2, 0.25) is 5.91 Å². The van der Waals surface area contributed by atoms with E-state index >= 15 is 0 Å². The number of aliphatic hydroxyl groups excluding tert-OH is 1. The Labute approximate surface area is 157 Å². The summed E-state index contributed by atoms with van der Waals surface area (Å²) in [4.78, 5) is 27.0. The maximum atomic E-state index is 12.7. The number of carbonyl (C=O) groups excluding carboxylic acids is 2. The van der Waals surface area contributed by atoms with Gasteiger partial charge < -0.3 is 20.1 Å². The maximum Gasteiger partial charge on any atom is 0.256 e. The fraction of sp³-hybridized carbons (Fsp3) is 0.333. The van der Waals surface area contributed by atoms with Crippen molar-refractivity contribution >= 4 is 17.5 Å². The van der Waals surface area contributed by atoms with Crippen molar-refractivity contribution in [2.75, 3.05) is 25.5 Å². The molecular weight excluding hydrogens is 344 g/mol. The van der Waals surface area contributed by atoms with Crippen LogP contribution in [-0.4, -0.2) is 42.0 Å². The molecule has 140 valence electrons. The van der Waals surface area contributed by atoms with Crippen molar-refractivity contribution in [3.8, 4) is 5.75 Å². The quantitative estimate of drug-likeness (QED) is 0.873. The number of hydrogen-bond donors (Lipinski definition) is 2. The van der Waals surface area contributed by atoms with Crippen LogP contribution in [0.25, 0.3) is 0 Å². The van der Waals surface area contributed by atoms with Gasteiger partial charge in [0.1, 0.15) is 5.75 Å². The average molecular weight is 366 g/mol. The van der Waals surface area contributed by atoms with E-state index in [2.05, 4.69) is 5.32 Å². The van der Waals surface area contributed by atoms with Crippen LogP contribution in [0, 0.1) is 0 Å². The third-order valence-corrected chi connectivity index (χ3v) is 5.72. The number of hydrogen-bond acceptors (Lipinski definition) is 4. The van der Waals surface area contributed by atoms with Crippen molar-refractivity contribution < 1.29 is 19.4 Å². The number of fused-ring (bicyclic) bond motifs is 2. The topological polar surface area (TPSA) is 78.9 Å². The lowest BCUT2D eigenvalue weighted by atomic mass is 9.73. The van der Waals surface area contributed by atoms with Gasteiger partial charge in [-0.15, -0.1) is 0 Å². The van der Waals surface area contributed by atoms with Gasteiger partial charge in [-0.1, -0.05) is 30.3 Å². The summed E-state index contributed by atoms with van der Waals surface area (Å²) < 4.78 is 5.10. The van der Waals surface area contributed by atoms with Gasteiger partial charge in [-0.05, 0) is 42.2 Å². The van der Waals surface area contributed by atoms with Gasteiger partial charge in [-0.25, -0.2) is 0 Å². The van der Waals surface area contributed by atoms with Crippen LogP contribution < -0.4 is 10.1 Å². The summed E-state index contributed by atoms with van der Waals surface area (Å²) in [5.74, 6) is 0.345. The molecule has 27 heavy (non-hydrogen) atoms. The number of likely N-dealkylation sites (tertiary alicyclic amines) is 1. The molecule has 0 aromatic heterocycles. The molecule has 2 amide bonds. The molecule has 0 radical (unpaired) electrons. The highest BCUT2D eigenvalue weighted by Gasteiger charge is 2.49. The van der Waals surface area contributed by atoms with Gasteiger partial charge in [-0.2, -0.15) is 0 Å². The lowest BCUT2D eigenvalue weighted by Gasteiger charge is -2.38. The van der Waals surface area contributed by atoms with Crippen molar-refractivity contribution in [1.82, 2.24) is 4.90 Å². The molecule has 2 aliphatic heterocycles. The Balaban J connectivity index is 1.47. The van der Waals surface area contributed by atoms with E-state index in [1.807, 2.05) is 24.3 Å². The monoisotopic (exact) mass is 366 g/mol. The minimum atomic E-state index is -1.21. The van der Waals surface area contributed by atoms with Crippen LogP contribution in [0.4, 0.5) is 5.69 Å². The number of para-hydroxylation sites is 1. The fourth-order valence-corrected chi connectivity index (χ4v) is 4.08. The number of anilines is 1. The Morgan fingerprint density at radius 3 is 2.48 bits per heavy atom. The molecule has 0 saturated carbocycles. The van der Waals surface area contributed by atoms with Crippen LogP contribution in [-0.2, 0) is 15.0 Å². The van der Waals surface area contributed by atoms with Crippen LogP contribution in [0.15, 0.2) is 48.5 Å². The predicted octanol–water partition coefficient (Wildman–Crippen LogP) is 2.24. The highest BCUT2D eigenvalue weighted by molar-refractivity contribution is 6.06. The van der Waals surface area contributed by atoms with E-state index in [0.29, 0.717) is 37.2 Å². The highest BCUT2D eigenvalue weighted by Crippen LogP contribution is 2.44. The molecule has 6 heteroatoms. The molecule has 2 N–H and O–H groups in total. The zero-order chi connectivity index (χ0) is 19.0. The number of rotatable bonds is 3. The molecular formula is C21H22N2O4. The number of methoxy groups -OCH3 is 1. The molecule has 0 aliphatic carbocycles. The van der Waals surface area contributed by atoms with Gasteiger partial charge in [0.25, 0.3) is 5.91 Å². The Hall–Kier alpha value is -2.86. The standard InChI is InChI=1S/C21H22N2O4/c1-27-15-8-6-14(7-9-15)18(24)19(25)23-12-10-21(11-13-23)16-4-2-3-5-17(16)22-20(21)26/h2-9,18,24H,10-13H2,1H3,(H,22,26)/t18-/m0/s1. The summed E-state index contributed by atoms with van der Waals surface area (Å²) in [6, 6.07) is 14.5. The predicted molar refractivity (Wildman–Crippen MR) is 101 cm³/mol. The normalized spacial score (nSPS) is 18.7. The number of piperidine rings is 1. The highest BCUT2D eigenvalue weighted by atomic mass is 16.5. The number of ether oxygens (including phenoxy) is 1. The number of nitrogens with zero attached hydrogens (tertiary/aromatic N) is 1. The third-order valence-electron chi connectivity index (χ3n) is 5.72. The Kier molecular flexibility index (Phi) is 4.36. The minimum absolute atomic E-state index is 0.00602. The van der Waals surface area contributed by atoms with Crippen LogP contribution in [0.3, 0.4) is 0 Å². The molecule has 1 spiro atoms. The molecule has 1 saturated heterocycles. The second-order valence-electron chi connectivity index (χ2n) is 7.08. The Morgan fingerprint density at radius 1 is 1.15 bits per heavy atom. The van der Waals surface area contributed by atoms with Crippen LogP contribution in [0.1, 0.15) is 30.1 Å². The molecule has 0 unspecified atom stereocenters. The first kappa shape index (κ1) is 17.5. The summed E-state index contributed by atoms with van der Waals surface area (Å²) in [6.45, 7) is 0.877. The molecule has 0 bridgehead atoms. The van der Waals surface area contributed by atoms with Crippen LogP contribution >= 0.6 is 0 Å². The van der Waals surface area contributed by atoms with E-state index in [9.17, 15) is 14.7 Å². The van der Waals surface area contributed by atoms with E-state index in [4.69, 9.17) is 4.74 Å². The number of carbonyl (C=O) groups is 2. The first-order valence-corrected chi connectivity index (χ1v) is 9.07. The first-order chi connectivity index (χ1) is 13.0. The number of aliphatic hydroxyl groups is 1. The van der Waals surface area contributed by atoms with Crippen LogP contribution in [0.5, 0.6) is 5.75 Å². The molecule has 2 aliphatic rings. The molecule has 1 atom stereocenters. The van der Waals surface area contributed by atoms with Crippen LogP contribution in [0.2, 0.25) is 0 Å². The van der Waals surface area contributed by atoms with Gasteiger partial charge in [0, 0.05) is 18.8 Å². The number of benzene rings is 2. The zero-order valence-electron chi connectivity index (χ0n) is 15.1. The molecule has 2 aromatic rings. The van der Waals surface area contributed by atoms with E-state index in [-0.39, 0.29) is 11.8 Å². The summed E-state index contributed by atoms with van der Waals surface area (Å²) in [7, 11) is 1.57. The molecule has 4 rings (SSSR count). The Morgan fingerprint density at radius 2 is 1.81 bits per heavy atom. The van der Waals surface area contributed by atoms with Gasteiger partial charge >= 0.3 is 0 Å². The number of nitrogens with one attached hydrogen (secondary N) is 1. The van der Waals surface area contributed by atoms with Crippen molar-refractivity contribution in [3.05, 3.63) is 59.7 Å². The summed E-state index contributed by atoms with van der Waals surface area (Å²) in [5.41, 5.74) is 1.83. The van der Waals surface area contributed by atoms with E-state index in [1.165, 1.54) is 0 Å². The van der Waals surface area contributed by atoms with E-state index in [1.54, 1.807) is 36.3 Å². The van der Waals surface area contributed by atoms with Crippen molar-refractivity contribution in [2.45, 2.75) is 24.4 Å². The minimum Gasteiger partial charge on any atom is -0.497 e. The van der Waals surface area contributed by atoms with Gasteiger partial charge in [-0.3, -0.25) is 9.59 Å². The second-order valence-corrected chi connectivity index (χ2v) is 7.08. The Bertz CT molecular complexity index is 870.